The fraction of sp³-hybridized carbons (Fsp3) is 0.308. The van der Waals surface area contributed by atoms with Crippen LogP contribution in [0.1, 0.15) is 26.3 Å². The molecule has 0 aliphatic rings. The number of carbonyl (C=O) groups is 1. The molecule has 0 atom stereocenters. The summed E-state index contributed by atoms with van der Waals surface area (Å²) in [6.07, 6.45) is 2.95. The van der Waals surface area contributed by atoms with Gasteiger partial charge in [0.1, 0.15) is 11.4 Å². The summed E-state index contributed by atoms with van der Waals surface area (Å²) in [5.74, 6) is -0.220. The molecule has 1 N–H and O–H groups in total. The van der Waals surface area contributed by atoms with Gasteiger partial charge in [-0.1, -0.05) is 12.1 Å². The van der Waals surface area contributed by atoms with Crippen LogP contribution in [0.2, 0.25) is 0 Å². The summed E-state index contributed by atoms with van der Waals surface area (Å²) in [6.45, 7) is 5.44. The van der Waals surface area contributed by atoms with Crippen molar-refractivity contribution in [3.8, 4) is 5.75 Å². The number of rotatable bonds is 2. The molecule has 3 heteroatoms. The Morgan fingerprint density at radius 3 is 2.62 bits per heavy atom. The maximum atomic E-state index is 11.3. The number of hydrogen-bond donors (Lipinski definition) is 1. The van der Waals surface area contributed by atoms with E-state index in [4.69, 9.17) is 4.74 Å². The highest BCUT2D eigenvalue weighted by molar-refractivity contribution is 5.87. The molecule has 16 heavy (non-hydrogen) atoms. The third-order valence-corrected chi connectivity index (χ3v) is 1.69. The maximum Gasteiger partial charge on any atom is 0.331 e. The molecule has 0 fully saturated rings. The number of phenolic OH excluding ortho intramolecular Hbond substituents is 1. The van der Waals surface area contributed by atoms with Crippen molar-refractivity contribution in [2.75, 3.05) is 0 Å². The smallest absolute Gasteiger partial charge is 0.331 e. The van der Waals surface area contributed by atoms with Gasteiger partial charge < -0.3 is 9.84 Å². The summed E-state index contributed by atoms with van der Waals surface area (Å²) in [4.78, 5) is 11.3. The van der Waals surface area contributed by atoms with Crippen LogP contribution in [-0.4, -0.2) is 16.7 Å². The quantitative estimate of drug-likeness (QED) is 0.615. The molecule has 0 aromatic heterocycles. The van der Waals surface area contributed by atoms with Gasteiger partial charge >= 0.3 is 5.97 Å². The Morgan fingerprint density at radius 2 is 2.06 bits per heavy atom. The third kappa shape index (κ3) is 4.64. The lowest BCUT2D eigenvalue weighted by Crippen LogP contribution is -2.22. The van der Waals surface area contributed by atoms with Crippen LogP contribution in [0.5, 0.6) is 5.75 Å². The third-order valence-electron chi connectivity index (χ3n) is 1.69. The summed E-state index contributed by atoms with van der Waals surface area (Å²) in [5, 5.41) is 9.21. The summed E-state index contributed by atoms with van der Waals surface area (Å²) in [6, 6.07) is 6.65. The van der Waals surface area contributed by atoms with Gasteiger partial charge in [0.25, 0.3) is 0 Å². The number of hydrogen-bond acceptors (Lipinski definition) is 3. The molecule has 3 nitrogen and oxygen atoms in total. The molecule has 0 unspecified atom stereocenters. The highest BCUT2D eigenvalue weighted by atomic mass is 16.6. The molecule has 0 amide bonds. The minimum atomic E-state index is -0.486. The van der Waals surface area contributed by atoms with E-state index in [1.54, 1.807) is 30.3 Å². The zero-order valence-corrected chi connectivity index (χ0v) is 9.73. The van der Waals surface area contributed by atoms with Crippen LogP contribution in [0.4, 0.5) is 0 Å². The number of benzene rings is 1. The highest BCUT2D eigenvalue weighted by Crippen LogP contribution is 2.13. The fourth-order valence-electron chi connectivity index (χ4n) is 1.13. The molecular formula is C13H16O3. The molecule has 1 aromatic rings. The fourth-order valence-corrected chi connectivity index (χ4v) is 1.13. The summed E-state index contributed by atoms with van der Waals surface area (Å²) >= 11 is 0. The van der Waals surface area contributed by atoms with E-state index in [0.717, 1.165) is 5.56 Å². The second kappa shape index (κ2) is 4.84. The molecule has 0 saturated heterocycles. The Morgan fingerprint density at radius 1 is 1.38 bits per heavy atom. The molecule has 86 valence electrons. The van der Waals surface area contributed by atoms with Crippen molar-refractivity contribution in [1.29, 1.82) is 0 Å². The molecule has 0 saturated carbocycles. The van der Waals surface area contributed by atoms with E-state index < -0.39 is 11.6 Å². The van der Waals surface area contributed by atoms with E-state index in [-0.39, 0.29) is 5.75 Å². The van der Waals surface area contributed by atoms with E-state index in [1.165, 1.54) is 6.08 Å². The van der Waals surface area contributed by atoms with E-state index in [9.17, 15) is 9.90 Å². The van der Waals surface area contributed by atoms with Crippen molar-refractivity contribution >= 4 is 12.0 Å². The van der Waals surface area contributed by atoms with Crippen molar-refractivity contribution in [2.24, 2.45) is 0 Å². The van der Waals surface area contributed by atoms with Crippen LogP contribution in [-0.2, 0) is 9.53 Å². The number of phenols is 1. The first kappa shape index (κ1) is 12.3. The largest absolute Gasteiger partial charge is 0.508 e. The Kier molecular flexibility index (Phi) is 3.72. The minimum absolute atomic E-state index is 0.173. The molecule has 0 spiro atoms. The average Bonchev–Trinajstić information content (AvgIpc) is 2.12. The Hall–Kier alpha value is -1.77. The summed E-state index contributed by atoms with van der Waals surface area (Å²) in [5.41, 5.74) is 0.270. The Balaban J connectivity index is 2.64. The normalized spacial score (nSPS) is 11.7. The van der Waals surface area contributed by atoms with Crippen molar-refractivity contribution in [1.82, 2.24) is 0 Å². The van der Waals surface area contributed by atoms with Crippen molar-refractivity contribution in [3.05, 3.63) is 35.9 Å². The first-order chi connectivity index (χ1) is 7.37. The van der Waals surface area contributed by atoms with E-state index in [1.807, 2.05) is 20.8 Å². The van der Waals surface area contributed by atoms with Crippen LogP contribution in [0.3, 0.4) is 0 Å². The van der Waals surface area contributed by atoms with Crippen molar-refractivity contribution in [3.63, 3.8) is 0 Å². The van der Waals surface area contributed by atoms with Gasteiger partial charge in [-0.05, 0) is 44.5 Å². The second-order valence-electron chi connectivity index (χ2n) is 4.46. The lowest BCUT2D eigenvalue weighted by atomic mass is 10.2. The molecule has 1 aromatic carbocycles. The topological polar surface area (TPSA) is 46.5 Å². The summed E-state index contributed by atoms with van der Waals surface area (Å²) < 4.78 is 5.10. The average molecular weight is 220 g/mol. The van der Waals surface area contributed by atoms with Crippen LogP contribution < -0.4 is 0 Å². The van der Waals surface area contributed by atoms with Gasteiger partial charge in [0.15, 0.2) is 0 Å². The van der Waals surface area contributed by atoms with Gasteiger partial charge in [0.2, 0.25) is 0 Å². The molecular weight excluding hydrogens is 204 g/mol. The van der Waals surface area contributed by atoms with Gasteiger partial charge in [-0.25, -0.2) is 4.79 Å². The molecule has 0 aliphatic heterocycles. The number of aromatic hydroxyl groups is 1. The SMILES string of the molecule is CC(C)(C)OC(=O)/C=C/c1cccc(O)c1. The van der Waals surface area contributed by atoms with Gasteiger partial charge in [-0.15, -0.1) is 0 Å². The Labute approximate surface area is 95.4 Å². The van der Waals surface area contributed by atoms with Gasteiger partial charge in [0, 0.05) is 6.08 Å². The number of carbonyl (C=O) groups excluding carboxylic acids is 1. The van der Waals surface area contributed by atoms with Gasteiger partial charge in [0.05, 0.1) is 0 Å². The van der Waals surface area contributed by atoms with Crippen molar-refractivity contribution < 1.29 is 14.6 Å². The summed E-state index contributed by atoms with van der Waals surface area (Å²) in [7, 11) is 0. The molecule has 0 bridgehead atoms. The van der Waals surface area contributed by atoms with E-state index in [0.29, 0.717) is 0 Å². The predicted molar refractivity (Wildman–Crippen MR) is 63.0 cm³/mol. The molecule has 0 radical (unpaired) electrons. The predicted octanol–water partition coefficient (Wildman–Crippen LogP) is 2.75. The monoisotopic (exact) mass is 220 g/mol. The number of ether oxygens (including phenoxy) is 1. The first-order valence-corrected chi connectivity index (χ1v) is 5.07. The molecule has 0 aliphatic carbocycles. The van der Waals surface area contributed by atoms with E-state index in [2.05, 4.69) is 0 Å². The van der Waals surface area contributed by atoms with Gasteiger partial charge in [-0.2, -0.15) is 0 Å². The van der Waals surface area contributed by atoms with Gasteiger partial charge in [-0.3, -0.25) is 0 Å². The van der Waals surface area contributed by atoms with Crippen LogP contribution in [0.25, 0.3) is 6.08 Å². The molecule has 0 heterocycles. The van der Waals surface area contributed by atoms with Crippen molar-refractivity contribution in [2.45, 2.75) is 26.4 Å². The van der Waals surface area contributed by atoms with Crippen LogP contribution >= 0.6 is 0 Å². The maximum absolute atomic E-state index is 11.3. The van der Waals surface area contributed by atoms with E-state index >= 15 is 0 Å². The lowest BCUT2D eigenvalue weighted by molar-refractivity contribution is -0.148. The number of esters is 1. The van der Waals surface area contributed by atoms with Crippen LogP contribution in [0, 0.1) is 0 Å². The zero-order chi connectivity index (χ0) is 12.2. The standard InChI is InChI=1S/C13H16O3/c1-13(2,3)16-12(15)8-7-10-5-4-6-11(14)9-10/h4-9,14H,1-3H3/b8-7+. The molecule has 1 rings (SSSR count). The first-order valence-electron chi connectivity index (χ1n) is 5.07. The second-order valence-corrected chi connectivity index (χ2v) is 4.46. The Bertz CT molecular complexity index is 400. The highest BCUT2D eigenvalue weighted by Gasteiger charge is 2.13. The zero-order valence-electron chi connectivity index (χ0n) is 9.73. The lowest BCUT2D eigenvalue weighted by Gasteiger charge is -2.17. The minimum Gasteiger partial charge on any atom is -0.508 e. The van der Waals surface area contributed by atoms with Crippen LogP contribution in [0.15, 0.2) is 30.3 Å².